The zero-order valence-corrected chi connectivity index (χ0v) is 12.6. The number of ether oxygens (including phenoxy) is 1. The van der Waals surface area contributed by atoms with Crippen molar-refractivity contribution in [2.24, 2.45) is 5.92 Å². The second-order valence-corrected chi connectivity index (χ2v) is 6.43. The molecule has 1 aromatic carbocycles. The number of imidazole rings is 1. The summed E-state index contributed by atoms with van der Waals surface area (Å²) < 4.78 is 5.97. The summed E-state index contributed by atoms with van der Waals surface area (Å²) in [5.74, 6) is 0.866. The molecule has 2 fully saturated rings. The molecule has 1 saturated heterocycles. The van der Waals surface area contributed by atoms with Gasteiger partial charge in [-0.1, -0.05) is 0 Å². The molecule has 116 valence electrons. The van der Waals surface area contributed by atoms with Crippen molar-refractivity contribution in [3.8, 4) is 0 Å². The van der Waals surface area contributed by atoms with Gasteiger partial charge in [-0.2, -0.15) is 0 Å². The molecule has 1 atom stereocenters. The Balaban J connectivity index is 1.43. The zero-order chi connectivity index (χ0) is 14.9. The average Bonchev–Trinajstić information content (AvgIpc) is 3.27. The van der Waals surface area contributed by atoms with Crippen LogP contribution in [0.25, 0.3) is 11.0 Å². The Morgan fingerprint density at radius 1 is 1.36 bits per heavy atom. The van der Waals surface area contributed by atoms with E-state index in [1.807, 2.05) is 23.1 Å². The SMILES string of the molecule is O=C(c1ccc2nc[nH]c2c1)N1CCCC(OCC2CC2)C1. The number of nitrogens with zero attached hydrogens (tertiary/aromatic N) is 2. The Bertz CT molecular complexity index is 677. The molecule has 1 aromatic heterocycles. The topological polar surface area (TPSA) is 58.2 Å². The number of rotatable bonds is 4. The quantitative estimate of drug-likeness (QED) is 0.944. The number of fused-ring (bicyclic) bond motifs is 1. The van der Waals surface area contributed by atoms with E-state index in [4.69, 9.17) is 4.74 Å². The van der Waals surface area contributed by atoms with Crippen LogP contribution >= 0.6 is 0 Å². The van der Waals surface area contributed by atoms with Gasteiger partial charge in [0.15, 0.2) is 0 Å². The van der Waals surface area contributed by atoms with Crippen molar-refractivity contribution in [2.75, 3.05) is 19.7 Å². The minimum absolute atomic E-state index is 0.0937. The van der Waals surface area contributed by atoms with E-state index in [2.05, 4.69) is 9.97 Å². The van der Waals surface area contributed by atoms with E-state index in [1.165, 1.54) is 12.8 Å². The van der Waals surface area contributed by atoms with Crippen molar-refractivity contribution in [1.82, 2.24) is 14.9 Å². The molecule has 1 N–H and O–H groups in total. The number of amides is 1. The summed E-state index contributed by atoms with van der Waals surface area (Å²) in [5, 5.41) is 0. The molecule has 5 nitrogen and oxygen atoms in total. The maximum Gasteiger partial charge on any atom is 0.254 e. The standard InChI is InChI=1S/C17H21N3O2/c21-17(13-5-6-15-16(8-13)19-11-18-15)20-7-1-2-14(9-20)22-10-12-3-4-12/h5-6,8,11-12,14H,1-4,7,9-10H2,(H,18,19). The Morgan fingerprint density at radius 2 is 2.27 bits per heavy atom. The Kier molecular flexibility index (Phi) is 3.58. The molecule has 2 heterocycles. The molecule has 1 amide bonds. The van der Waals surface area contributed by atoms with E-state index in [0.717, 1.165) is 48.5 Å². The summed E-state index contributed by atoms with van der Waals surface area (Å²) in [6, 6.07) is 5.64. The molecule has 1 unspecified atom stereocenters. The normalized spacial score (nSPS) is 22.2. The van der Waals surface area contributed by atoms with Crippen LogP contribution < -0.4 is 0 Å². The van der Waals surface area contributed by atoms with Gasteiger partial charge in [0, 0.05) is 25.3 Å². The fourth-order valence-corrected chi connectivity index (χ4v) is 3.07. The maximum absolute atomic E-state index is 12.7. The first-order valence-electron chi connectivity index (χ1n) is 8.13. The number of carbonyl (C=O) groups excluding carboxylic acids is 1. The zero-order valence-electron chi connectivity index (χ0n) is 12.6. The van der Waals surface area contributed by atoms with Gasteiger partial charge in [-0.3, -0.25) is 4.79 Å². The number of likely N-dealkylation sites (tertiary alicyclic amines) is 1. The van der Waals surface area contributed by atoms with Crippen LogP contribution in [0.15, 0.2) is 24.5 Å². The van der Waals surface area contributed by atoms with Gasteiger partial charge in [0.05, 0.1) is 23.5 Å². The predicted molar refractivity (Wildman–Crippen MR) is 83.7 cm³/mol. The van der Waals surface area contributed by atoms with E-state index >= 15 is 0 Å². The molecule has 2 aromatic rings. The highest BCUT2D eigenvalue weighted by Gasteiger charge is 2.28. The fourth-order valence-electron chi connectivity index (χ4n) is 3.07. The first kappa shape index (κ1) is 13.8. The number of hydrogen-bond acceptors (Lipinski definition) is 3. The minimum atomic E-state index is 0.0937. The summed E-state index contributed by atoms with van der Waals surface area (Å²) in [4.78, 5) is 21.9. The van der Waals surface area contributed by atoms with E-state index in [1.54, 1.807) is 6.33 Å². The van der Waals surface area contributed by atoms with Crippen molar-refractivity contribution in [1.29, 1.82) is 0 Å². The fraction of sp³-hybridized carbons (Fsp3) is 0.529. The molecule has 1 saturated carbocycles. The highest BCUT2D eigenvalue weighted by Crippen LogP contribution is 2.30. The van der Waals surface area contributed by atoms with Crippen molar-refractivity contribution < 1.29 is 9.53 Å². The number of nitrogens with one attached hydrogen (secondary N) is 1. The molecule has 0 spiro atoms. The summed E-state index contributed by atoms with van der Waals surface area (Å²) in [5.41, 5.74) is 2.52. The number of aromatic nitrogens is 2. The molecule has 0 bridgehead atoms. The van der Waals surface area contributed by atoms with Gasteiger partial charge in [0.2, 0.25) is 0 Å². The van der Waals surface area contributed by atoms with Gasteiger partial charge in [0.1, 0.15) is 0 Å². The number of benzene rings is 1. The van der Waals surface area contributed by atoms with Crippen LogP contribution in [0, 0.1) is 5.92 Å². The molecule has 1 aliphatic heterocycles. The largest absolute Gasteiger partial charge is 0.376 e. The van der Waals surface area contributed by atoms with Crippen LogP contribution in [0.3, 0.4) is 0 Å². The molecule has 0 radical (unpaired) electrons. The van der Waals surface area contributed by atoms with Crippen LogP contribution in [0.2, 0.25) is 0 Å². The maximum atomic E-state index is 12.7. The summed E-state index contributed by atoms with van der Waals surface area (Å²) in [6.07, 6.45) is 6.55. The Hall–Kier alpha value is -1.88. The van der Waals surface area contributed by atoms with Crippen LogP contribution in [0.4, 0.5) is 0 Å². The lowest BCUT2D eigenvalue weighted by Crippen LogP contribution is -2.43. The number of carbonyl (C=O) groups is 1. The smallest absolute Gasteiger partial charge is 0.254 e. The molecule has 5 heteroatoms. The third-order valence-electron chi connectivity index (χ3n) is 4.60. The monoisotopic (exact) mass is 299 g/mol. The number of aromatic amines is 1. The third-order valence-corrected chi connectivity index (χ3v) is 4.60. The lowest BCUT2D eigenvalue weighted by Gasteiger charge is -2.32. The summed E-state index contributed by atoms with van der Waals surface area (Å²) in [6.45, 7) is 2.41. The van der Waals surface area contributed by atoms with E-state index in [0.29, 0.717) is 6.54 Å². The molecule has 2 aliphatic rings. The summed E-state index contributed by atoms with van der Waals surface area (Å²) in [7, 11) is 0. The van der Waals surface area contributed by atoms with E-state index in [-0.39, 0.29) is 12.0 Å². The van der Waals surface area contributed by atoms with Crippen LogP contribution in [0.5, 0.6) is 0 Å². The molecule has 22 heavy (non-hydrogen) atoms. The van der Waals surface area contributed by atoms with Gasteiger partial charge in [-0.05, 0) is 49.8 Å². The third kappa shape index (κ3) is 2.86. The van der Waals surface area contributed by atoms with Crippen LogP contribution in [-0.2, 0) is 4.74 Å². The van der Waals surface area contributed by atoms with Crippen molar-refractivity contribution >= 4 is 16.9 Å². The van der Waals surface area contributed by atoms with Gasteiger partial charge >= 0.3 is 0 Å². The van der Waals surface area contributed by atoms with Crippen LogP contribution in [-0.4, -0.2) is 46.6 Å². The van der Waals surface area contributed by atoms with E-state index in [9.17, 15) is 4.79 Å². The Morgan fingerprint density at radius 3 is 3.14 bits per heavy atom. The predicted octanol–water partition coefficient (Wildman–Crippen LogP) is 2.59. The average molecular weight is 299 g/mol. The van der Waals surface area contributed by atoms with Gasteiger partial charge in [-0.15, -0.1) is 0 Å². The van der Waals surface area contributed by atoms with Gasteiger partial charge in [-0.25, -0.2) is 4.98 Å². The van der Waals surface area contributed by atoms with Crippen molar-refractivity contribution in [2.45, 2.75) is 31.8 Å². The van der Waals surface area contributed by atoms with Gasteiger partial charge < -0.3 is 14.6 Å². The second kappa shape index (κ2) is 5.72. The lowest BCUT2D eigenvalue weighted by molar-refractivity contribution is -0.00241. The van der Waals surface area contributed by atoms with E-state index < -0.39 is 0 Å². The second-order valence-electron chi connectivity index (χ2n) is 6.43. The lowest BCUT2D eigenvalue weighted by atomic mass is 10.1. The number of hydrogen-bond donors (Lipinski definition) is 1. The molecular weight excluding hydrogens is 278 g/mol. The molecular formula is C17H21N3O2. The highest BCUT2D eigenvalue weighted by atomic mass is 16.5. The highest BCUT2D eigenvalue weighted by molar-refractivity contribution is 5.97. The van der Waals surface area contributed by atoms with Crippen molar-refractivity contribution in [3.05, 3.63) is 30.1 Å². The molecule has 1 aliphatic carbocycles. The van der Waals surface area contributed by atoms with Gasteiger partial charge in [0.25, 0.3) is 5.91 Å². The minimum Gasteiger partial charge on any atom is -0.376 e. The van der Waals surface area contributed by atoms with Crippen LogP contribution in [0.1, 0.15) is 36.0 Å². The first-order chi connectivity index (χ1) is 10.8. The van der Waals surface area contributed by atoms with Crippen molar-refractivity contribution in [3.63, 3.8) is 0 Å². The first-order valence-corrected chi connectivity index (χ1v) is 8.13. The Labute approximate surface area is 129 Å². The summed E-state index contributed by atoms with van der Waals surface area (Å²) >= 11 is 0. The number of piperidine rings is 1. The molecule has 4 rings (SSSR count). The number of H-pyrrole nitrogens is 1.